The molecule has 1 aliphatic carbocycles. The number of rotatable bonds is 8. The molecule has 1 unspecified atom stereocenters. The maximum atomic E-state index is 13.2. The summed E-state index contributed by atoms with van der Waals surface area (Å²) in [5.74, 6) is -1.88. The summed E-state index contributed by atoms with van der Waals surface area (Å²) in [5.41, 5.74) is 7.34. The molecule has 2 aromatic carbocycles. The first kappa shape index (κ1) is 23.0. The van der Waals surface area contributed by atoms with E-state index in [1.54, 1.807) is 6.20 Å². The Morgan fingerprint density at radius 3 is 2.56 bits per heavy atom. The van der Waals surface area contributed by atoms with E-state index in [0.717, 1.165) is 22.0 Å². The third-order valence-electron chi connectivity index (χ3n) is 5.92. The van der Waals surface area contributed by atoms with Crippen LogP contribution in [0.1, 0.15) is 17.5 Å². The van der Waals surface area contributed by atoms with Gasteiger partial charge in [0.25, 0.3) is 0 Å². The largest absolute Gasteiger partial charge is 0.480 e. The van der Waals surface area contributed by atoms with Crippen LogP contribution in [0.25, 0.3) is 10.9 Å². The van der Waals surface area contributed by atoms with Crippen molar-refractivity contribution >= 4 is 28.7 Å². The molecule has 1 aliphatic rings. The highest BCUT2D eigenvalue weighted by atomic mass is 16.5. The Kier molecular flexibility index (Phi) is 6.60. The minimum atomic E-state index is -1.80. The fourth-order valence-corrected chi connectivity index (χ4v) is 4.02. The Morgan fingerprint density at radius 1 is 1.12 bits per heavy atom. The average Bonchev–Trinajstić information content (AvgIpc) is 3.26. The average molecular weight is 460 g/mol. The van der Waals surface area contributed by atoms with Crippen molar-refractivity contribution in [2.75, 3.05) is 0 Å². The molecule has 0 radical (unpaired) electrons. The summed E-state index contributed by atoms with van der Waals surface area (Å²) < 4.78 is 5.18. The van der Waals surface area contributed by atoms with Crippen molar-refractivity contribution in [3.8, 4) is 0 Å². The lowest BCUT2D eigenvalue weighted by Gasteiger charge is -2.29. The zero-order valence-electron chi connectivity index (χ0n) is 18.4. The molecule has 1 amide bonds. The van der Waals surface area contributed by atoms with Crippen LogP contribution >= 0.6 is 0 Å². The lowest BCUT2D eigenvalue weighted by atomic mass is 9.74. The zero-order chi connectivity index (χ0) is 24.1. The number of carboxylic acid groups (broad SMARTS) is 1. The van der Waals surface area contributed by atoms with Gasteiger partial charge in [-0.2, -0.15) is 0 Å². The molecule has 174 valence electrons. The first-order chi connectivity index (χ1) is 16.4. The number of benzene rings is 2. The number of ketones is 1. The van der Waals surface area contributed by atoms with Crippen molar-refractivity contribution < 1.29 is 24.2 Å². The van der Waals surface area contributed by atoms with Gasteiger partial charge in [-0.25, -0.2) is 4.79 Å². The highest BCUT2D eigenvalue weighted by Crippen LogP contribution is 2.33. The van der Waals surface area contributed by atoms with Gasteiger partial charge in [-0.05, 0) is 36.1 Å². The first-order valence-electron chi connectivity index (χ1n) is 10.8. The van der Waals surface area contributed by atoms with E-state index < -0.39 is 29.3 Å². The zero-order valence-corrected chi connectivity index (χ0v) is 18.4. The van der Waals surface area contributed by atoms with E-state index in [1.807, 2.05) is 54.6 Å². The number of hydrogen-bond donors (Lipinski definition) is 4. The van der Waals surface area contributed by atoms with E-state index in [2.05, 4.69) is 10.3 Å². The predicted octanol–water partition coefficient (Wildman–Crippen LogP) is 3.45. The van der Waals surface area contributed by atoms with E-state index >= 15 is 0 Å². The van der Waals surface area contributed by atoms with Gasteiger partial charge in [-0.3, -0.25) is 14.9 Å². The minimum absolute atomic E-state index is 0.101. The quantitative estimate of drug-likeness (QED) is 0.381. The molecular weight excluding hydrogens is 434 g/mol. The summed E-state index contributed by atoms with van der Waals surface area (Å²) in [6.07, 6.45) is 5.36. The number of H-pyrrole nitrogens is 1. The summed E-state index contributed by atoms with van der Waals surface area (Å²) in [5, 5.41) is 13.4. The van der Waals surface area contributed by atoms with Crippen molar-refractivity contribution in [3.63, 3.8) is 0 Å². The van der Waals surface area contributed by atoms with Gasteiger partial charge in [-0.15, -0.1) is 0 Å². The molecule has 0 saturated carbocycles. The van der Waals surface area contributed by atoms with Gasteiger partial charge >= 0.3 is 12.1 Å². The van der Waals surface area contributed by atoms with Crippen LogP contribution < -0.4 is 11.1 Å². The number of Topliss-reactive ketones (excluding diaryl/α,β-unsaturated/α-hetero) is 1. The lowest BCUT2D eigenvalue weighted by Crippen LogP contribution is -2.48. The molecule has 0 spiro atoms. The lowest BCUT2D eigenvalue weighted by molar-refractivity contribution is -0.152. The molecule has 2 atom stereocenters. The van der Waals surface area contributed by atoms with Gasteiger partial charge in [0.1, 0.15) is 12.0 Å². The fraction of sp³-hybridized carbons (Fsp3) is 0.192. The van der Waals surface area contributed by atoms with E-state index in [9.17, 15) is 19.5 Å². The number of aromatic nitrogens is 1. The number of alkyl carbamates (subject to hydrolysis) is 1. The number of amides is 1. The summed E-state index contributed by atoms with van der Waals surface area (Å²) in [7, 11) is 0. The molecule has 0 fully saturated rings. The monoisotopic (exact) mass is 459 g/mol. The van der Waals surface area contributed by atoms with Crippen LogP contribution in [0.2, 0.25) is 0 Å². The van der Waals surface area contributed by atoms with Gasteiger partial charge in [0.05, 0.1) is 6.04 Å². The second-order valence-electron chi connectivity index (χ2n) is 8.19. The molecule has 0 saturated heterocycles. The summed E-state index contributed by atoms with van der Waals surface area (Å²) in [4.78, 5) is 40.6. The van der Waals surface area contributed by atoms with Crippen molar-refractivity contribution in [1.29, 1.82) is 0 Å². The molecule has 5 N–H and O–H groups in total. The van der Waals surface area contributed by atoms with E-state index in [4.69, 9.17) is 10.5 Å². The molecule has 4 rings (SSSR count). The molecule has 1 heterocycles. The van der Waals surface area contributed by atoms with Crippen LogP contribution in [0.3, 0.4) is 0 Å². The van der Waals surface area contributed by atoms with E-state index in [-0.39, 0.29) is 19.4 Å². The van der Waals surface area contributed by atoms with Crippen LogP contribution in [-0.4, -0.2) is 34.0 Å². The highest BCUT2D eigenvalue weighted by Gasteiger charge is 2.46. The van der Waals surface area contributed by atoms with Crippen LogP contribution in [0, 0.1) is 5.41 Å². The van der Waals surface area contributed by atoms with Crippen molar-refractivity contribution in [1.82, 2.24) is 10.3 Å². The van der Waals surface area contributed by atoms with Gasteiger partial charge < -0.3 is 20.6 Å². The standard InChI is InChI=1S/C26H25N3O5/c27-21(14-18-15-28-22-9-5-4-8-20(18)22)23(30)26(24(31)32)12-10-19(11-13-26)29-25(33)34-16-17-6-2-1-3-7-17/h1-12,15,21,28H,13-14,16,27H2,(H,29,33)(H,31,32)/t21-,26?/m0/s1. The van der Waals surface area contributed by atoms with Gasteiger partial charge in [-0.1, -0.05) is 60.7 Å². The van der Waals surface area contributed by atoms with Crippen LogP contribution in [0.15, 0.2) is 84.7 Å². The number of hydrogen-bond acceptors (Lipinski definition) is 5. The Bertz CT molecular complexity index is 1280. The Hall–Kier alpha value is -4.17. The van der Waals surface area contributed by atoms with Gasteiger partial charge in [0, 0.05) is 22.8 Å². The van der Waals surface area contributed by atoms with Crippen LogP contribution in [-0.2, 0) is 27.4 Å². The first-order valence-corrected chi connectivity index (χ1v) is 10.8. The molecule has 8 heteroatoms. The molecular formula is C26H25N3O5. The Morgan fingerprint density at radius 2 is 1.85 bits per heavy atom. The predicted molar refractivity (Wildman–Crippen MR) is 127 cm³/mol. The number of fused-ring (bicyclic) bond motifs is 1. The normalized spacial score (nSPS) is 18.2. The SMILES string of the molecule is N[C@@H](Cc1c[nH]c2ccccc12)C(=O)C1(C(=O)O)C=CC(NC(=O)OCc2ccccc2)=CC1. The smallest absolute Gasteiger partial charge is 0.411 e. The number of aromatic amines is 1. The van der Waals surface area contributed by atoms with Gasteiger partial charge in [0.2, 0.25) is 0 Å². The van der Waals surface area contributed by atoms with Crippen molar-refractivity contribution in [2.45, 2.75) is 25.5 Å². The molecule has 1 aromatic heterocycles. The fourth-order valence-electron chi connectivity index (χ4n) is 4.02. The number of ether oxygens (including phenoxy) is 1. The maximum absolute atomic E-state index is 13.2. The van der Waals surface area contributed by atoms with E-state index in [1.165, 1.54) is 18.2 Å². The Labute approximate surface area is 196 Å². The second kappa shape index (κ2) is 9.76. The molecule has 34 heavy (non-hydrogen) atoms. The van der Waals surface area contributed by atoms with Gasteiger partial charge in [0.15, 0.2) is 5.78 Å². The van der Waals surface area contributed by atoms with Crippen LogP contribution in [0.4, 0.5) is 4.79 Å². The molecule has 3 aromatic rings. The topological polar surface area (TPSA) is 135 Å². The number of allylic oxidation sites excluding steroid dienone is 2. The Balaban J connectivity index is 1.40. The number of nitrogens with one attached hydrogen (secondary N) is 2. The number of carbonyl (C=O) groups excluding carboxylic acids is 2. The number of carboxylic acids is 1. The van der Waals surface area contributed by atoms with Crippen molar-refractivity contribution in [3.05, 3.63) is 95.8 Å². The molecule has 0 aliphatic heterocycles. The van der Waals surface area contributed by atoms with Crippen molar-refractivity contribution in [2.24, 2.45) is 11.1 Å². The number of para-hydroxylation sites is 1. The summed E-state index contributed by atoms with van der Waals surface area (Å²) >= 11 is 0. The number of nitrogens with two attached hydrogens (primary N) is 1. The summed E-state index contributed by atoms with van der Waals surface area (Å²) in [6.45, 7) is 0.101. The third kappa shape index (κ3) is 4.77. The molecule has 8 nitrogen and oxygen atoms in total. The number of aliphatic carboxylic acids is 1. The maximum Gasteiger partial charge on any atom is 0.411 e. The third-order valence-corrected chi connectivity index (χ3v) is 5.92. The van der Waals surface area contributed by atoms with Crippen LogP contribution in [0.5, 0.6) is 0 Å². The summed E-state index contributed by atoms with van der Waals surface area (Å²) in [6, 6.07) is 15.8. The number of carbonyl (C=O) groups is 3. The molecule has 0 bridgehead atoms. The minimum Gasteiger partial charge on any atom is -0.480 e. The highest BCUT2D eigenvalue weighted by molar-refractivity contribution is 6.08. The second-order valence-corrected chi connectivity index (χ2v) is 8.19. The van der Waals surface area contributed by atoms with E-state index in [0.29, 0.717) is 5.70 Å².